The average Bonchev–Trinajstić information content (AvgIpc) is 3.08. The van der Waals surface area contributed by atoms with Crippen molar-refractivity contribution in [2.45, 2.75) is 38.6 Å². The predicted octanol–water partition coefficient (Wildman–Crippen LogP) is 1.77. The van der Waals surface area contributed by atoms with Crippen LogP contribution < -0.4 is 0 Å². The molecule has 1 heterocycles. The number of rotatable bonds is 7. The van der Waals surface area contributed by atoms with Gasteiger partial charge >= 0.3 is 0 Å². The molecule has 0 spiro atoms. The van der Waals surface area contributed by atoms with Gasteiger partial charge in [-0.2, -0.15) is 0 Å². The first-order chi connectivity index (χ1) is 10.4. The molecule has 0 radical (unpaired) electrons. The molecule has 6 nitrogen and oxygen atoms in total. The first kappa shape index (κ1) is 16.8. The largest absolute Gasteiger partial charge is 0.360 e. The molecule has 0 atom stereocenters. The van der Waals surface area contributed by atoms with E-state index >= 15 is 0 Å². The first-order valence-electron chi connectivity index (χ1n) is 7.43. The molecular weight excluding hydrogens is 306 g/mol. The minimum absolute atomic E-state index is 0.00461. The lowest BCUT2D eigenvalue weighted by atomic mass is 10.1. The molecule has 2 rings (SSSR count). The van der Waals surface area contributed by atoms with Gasteiger partial charge in [-0.1, -0.05) is 12.1 Å². The summed E-state index contributed by atoms with van der Waals surface area (Å²) < 4.78 is 5.36. The van der Waals surface area contributed by atoms with Gasteiger partial charge in [-0.15, -0.1) is 11.6 Å². The van der Waals surface area contributed by atoms with Gasteiger partial charge in [0, 0.05) is 25.1 Å². The van der Waals surface area contributed by atoms with Gasteiger partial charge in [0.15, 0.2) is 0 Å². The van der Waals surface area contributed by atoms with Crippen LogP contribution in [0.3, 0.4) is 0 Å². The van der Waals surface area contributed by atoms with Crippen molar-refractivity contribution in [1.29, 1.82) is 0 Å². The molecular formula is C15H22ClN3O3. The summed E-state index contributed by atoms with van der Waals surface area (Å²) in [4.78, 5) is 26.9. The van der Waals surface area contributed by atoms with Crippen LogP contribution in [-0.2, 0) is 21.5 Å². The highest BCUT2D eigenvalue weighted by atomic mass is 35.5. The number of hydrogen-bond acceptors (Lipinski definition) is 4. The maximum Gasteiger partial charge on any atom is 0.241 e. The molecule has 7 heteroatoms. The SMILES string of the molecule is CCN(C)C(=O)CN(Cc1cc(C2(C)CC2)on1)C(=O)CCl. The van der Waals surface area contributed by atoms with E-state index in [0.717, 1.165) is 18.6 Å². The summed E-state index contributed by atoms with van der Waals surface area (Å²) in [6.45, 7) is 4.82. The van der Waals surface area contributed by atoms with Crippen LogP contribution in [0.2, 0.25) is 0 Å². The Hall–Kier alpha value is -1.56. The molecule has 0 aromatic carbocycles. The monoisotopic (exact) mass is 327 g/mol. The molecule has 1 aliphatic rings. The van der Waals surface area contributed by atoms with Crippen molar-refractivity contribution < 1.29 is 14.1 Å². The van der Waals surface area contributed by atoms with Gasteiger partial charge in [-0.25, -0.2) is 0 Å². The Morgan fingerprint density at radius 1 is 1.41 bits per heavy atom. The first-order valence-corrected chi connectivity index (χ1v) is 7.97. The van der Waals surface area contributed by atoms with Crippen molar-refractivity contribution in [3.63, 3.8) is 0 Å². The van der Waals surface area contributed by atoms with Gasteiger partial charge in [0.2, 0.25) is 11.8 Å². The normalized spacial score (nSPS) is 15.5. The summed E-state index contributed by atoms with van der Waals surface area (Å²) in [7, 11) is 1.70. The zero-order valence-electron chi connectivity index (χ0n) is 13.3. The second-order valence-corrected chi connectivity index (χ2v) is 6.30. The van der Waals surface area contributed by atoms with Crippen LogP contribution in [0.5, 0.6) is 0 Å². The standard InChI is InChI=1S/C15H22ClN3O3/c1-4-18(3)14(21)10-19(13(20)8-16)9-11-7-12(22-17-11)15(2)5-6-15/h7H,4-6,8-10H2,1-3H3. The number of likely N-dealkylation sites (N-methyl/N-ethyl adjacent to an activating group) is 1. The Labute approximate surface area is 135 Å². The van der Waals surface area contributed by atoms with E-state index in [4.69, 9.17) is 16.1 Å². The molecule has 1 saturated carbocycles. The molecule has 0 unspecified atom stereocenters. The number of amides is 2. The van der Waals surface area contributed by atoms with E-state index in [1.165, 1.54) is 4.90 Å². The van der Waals surface area contributed by atoms with E-state index in [1.54, 1.807) is 11.9 Å². The highest BCUT2D eigenvalue weighted by molar-refractivity contribution is 6.27. The van der Waals surface area contributed by atoms with Crippen molar-refractivity contribution >= 4 is 23.4 Å². The lowest BCUT2D eigenvalue weighted by molar-refractivity contribution is -0.138. The number of halogens is 1. The number of aromatic nitrogens is 1. The average molecular weight is 328 g/mol. The second-order valence-electron chi connectivity index (χ2n) is 6.03. The third-order valence-corrected chi connectivity index (χ3v) is 4.43. The van der Waals surface area contributed by atoms with Crippen molar-refractivity contribution in [3.8, 4) is 0 Å². The van der Waals surface area contributed by atoms with Gasteiger partial charge in [0.1, 0.15) is 23.9 Å². The zero-order chi connectivity index (χ0) is 16.3. The molecule has 1 aromatic heterocycles. The summed E-state index contributed by atoms with van der Waals surface area (Å²) in [5, 5.41) is 4.01. The maximum atomic E-state index is 12.0. The fourth-order valence-corrected chi connectivity index (χ4v) is 2.25. The van der Waals surface area contributed by atoms with Crippen molar-refractivity contribution in [2.75, 3.05) is 26.0 Å². The van der Waals surface area contributed by atoms with Crippen LogP contribution in [0.4, 0.5) is 0 Å². The minimum atomic E-state index is -0.290. The zero-order valence-corrected chi connectivity index (χ0v) is 14.0. The van der Waals surface area contributed by atoms with E-state index in [0.29, 0.717) is 12.2 Å². The molecule has 1 aromatic rings. The predicted molar refractivity (Wildman–Crippen MR) is 82.5 cm³/mol. The van der Waals surface area contributed by atoms with E-state index in [9.17, 15) is 9.59 Å². The third-order valence-electron chi connectivity index (χ3n) is 4.20. The van der Waals surface area contributed by atoms with Crippen molar-refractivity contribution in [3.05, 3.63) is 17.5 Å². The second kappa shape index (κ2) is 6.69. The fourth-order valence-electron chi connectivity index (χ4n) is 2.08. The molecule has 1 aliphatic carbocycles. The van der Waals surface area contributed by atoms with Crippen LogP contribution in [-0.4, -0.2) is 52.8 Å². The molecule has 0 saturated heterocycles. The van der Waals surface area contributed by atoms with Crippen LogP contribution >= 0.6 is 11.6 Å². The van der Waals surface area contributed by atoms with Gasteiger partial charge < -0.3 is 14.3 Å². The van der Waals surface area contributed by atoms with Crippen LogP contribution in [0.1, 0.15) is 38.1 Å². The highest BCUT2D eigenvalue weighted by Crippen LogP contribution is 2.47. The fraction of sp³-hybridized carbons (Fsp3) is 0.667. The smallest absolute Gasteiger partial charge is 0.241 e. The topological polar surface area (TPSA) is 66.7 Å². The number of carbonyl (C=O) groups excluding carboxylic acids is 2. The Kier molecular flexibility index (Phi) is 5.11. The summed E-state index contributed by atoms with van der Waals surface area (Å²) >= 11 is 5.64. The minimum Gasteiger partial charge on any atom is -0.360 e. The Morgan fingerprint density at radius 3 is 2.64 bits per heavy atom. The Balaban J connectivity index is 2.04. The number of carbonyl (C=O) groups is 2. The lowest BCUT2D eigenvalue weighted by Crippen LogP contribution is -2.41. The molecule has 0 aliphatic heterocycles. The van der Waals surface area contributed by atoms with Crippen LogP contribution in [0, 0.1) is 0 Å². The molecule has 0 N–H and O–H groups in total. The summed E-state index contributed by atoms with van der Waals surface area (Å²) in [6.07, 6.45) is 2.18. The van der Waals surface area contributed by atoms with Crippen molar-refractivity contribution in [2.24, 2.45) is 0 Å². The molecule has 2 amide bonds. The molecule has 122 valence electrons. The lowest BCUT2D eigenvalue weighted by Gasteiger charge is -2.23. The summed E-state index contributed by atoms with van der Waals surface area (Å²) in [5.41, 5.74) is 0.735. The van der Waals surface area contributed by atoms with Gasteiger partial charge in [0.25, 0.3) is 0 Å². The van der Waals surface area contributed by atoms with E-state index in [2.05, 4.69) is 12.1 Å². The molecule has 22 heavy (non-hydrogen) atoms. The summed E-state index contributed by atoms with van der Waals surface area (Å²) in [5.74, 6) is 0.268. The Morgan fingerprint density at radius 2 is 2.09 bits per heavy atom. The highest BCUT2D eigenvalue weighted by Gasteiger charge is 2.42. The quantitative estimate of drug-likeness (QED) is 0.716. The number of nitrogens with zero attached hydrogens (tertiary/aromatic N) is 3. The van der Waals surface area contributed by atoms with E-state index in [1.807, 2.05) is 13.0 Å². The van der Waals surface area contributed by atoms with Gasteiger partial charge in [0.05, 0.1) is 6.54 Å². The van der Waals surface area contributed by atoms with Crippen molar-refractivity contribution in [1.82, 2.24) is 15.0 Å². The molecule has 0 bridgehead atoms. The molecule has 1 fully saturated rings. The number of hydrogen-bond donors (Lipinski definition) is 0. The maximum absolute atomic E-state index is 12.0. The van der Waals surface area contributed by atoms with E-state index < -0.39 is 0 Å². The van der Waals surface area contributed by atoms with Gasteiger partial charge in [-0.05, 0) is 19.8 Å². The van der Waals surface area contributed by atoms with Gasteiger partial charge in [-0.3, -0.25) is 9.59 Å². The van der Waals surface area contributed by atoms with Crippen LogP contribution in [0.15, 0.2) is 10.6 Å². The third kappa shape index (κ3) is 3.80. The Bertz CT molecular complexity index is 554. The van der Waals surface area contributed by atoms with E-state index in [-0.39, 0.29) is 36.2 Å². The number of alkyl halides is 1. The van der Waals surface area contributed by atoms with Crippen LogP contribution in [0.25, 0.3) is 0 Å². The summed E-state index contributed by atoms with van der Waals surface area (Å²) in [6, 6.07) is 1.87.